The highest BCUT2D eigenvalue weighted by Gasteiger charge is 2.34. The van der Waals surface area contributed by atoms with Gasteiger partial charge in [-0.2, -0.15) is 17.8 Å². The molecule has 25 heavy (non-hydrogen) atoms. The highest BCUT2D eigenvalue weighted by molar-refractivity contribution is 7.86. The quantitative estimate of drug-likeness (QED) is 0.673. The molecular formula is C20H29NO3S. The smallest absolute Gasteiger partial charge is 0.192 e. The van der Waals surface area contributed by atoms with E-state index in [9.17, 15) is 8.42 Å². The first-order valence-electron chi connectivity index (χ1n) is 9.55. The van der Waals surface area contributed by atoms with E-state index in [1.807, 2.05) is 5.06 Å². The first-order valence-corrected chi connectivity index (χ1v) is 11.0. The predicted octanol–water partition coefficient (Wildman–Crippen LogP) is 4.92. The first kappa shape index (κ1) is 18.6. The van der Waals surface area contributed by atoms with Crippen molar-refractivity contribution >= 4 is 16.2 Å². The average Bonchev–Trinajstić information content (AvgIpc) is 2.67. The summed E-state index contributed by atoms with van der Waals surface area (Å²) in [6.45, 7) is 3.70. The summed E-state index contributed by atoms with van der Waals surface area (Å²) < 4.78 is 31.4. The van der Waals surface area contributed by atoms with Crippen LogP contribution in [-0.2, 0) is 14.4 Å². The van der Waals surface area contributed by atoms with Crippen molar-refractivity contribution in [2.75, 3.05) is 0 Å². The van der Waals surface area contributed by atoms with Crippen molar-refractivity contribution in [1.29, 1.82) is 0 Å². The van der Waals surface area contributed by atoms with E-state index in [-0.39, 0.29) is 17.0 Å². The van der Waals surface area contributed by atoms with Crippen molar-refractivity contribution in [2.45, 2.75) is 81.2 Å². The molecule has 0 amide bonds. The Morgan fingerprint density at radius 1 is 0.880 bits per heavy atom. The Morgan fingerprint density at radius 2 is 1.36 bits per heavy atom. The topological polar surface area (TPSA) is 46.6 Å². The molecule has 4 nitrogen and oxygen atoms in total. The molecule has 2 aliphatic rings. The van der Waals surface area contributed by atoms with Gasteiger partial charge in [0.15, 0.2) is 0 Å². The van der Waals surface area contributed by atoms with Crippen LogP contribution in [0.1, 0.15) is 69.8 Å². The fourth-order valence-corrected chi connectivity index (χ4v) is 5.04. The van der Waals surface area contributed by atoms with Gasteiger partial charge in [0.1, 0.15) is 0 Å². The van der Waals surface area contributed by atoms with Gasteiger partial charge in [0, 0.05) is 12.1 Å². The van der Waals surface area contributed by atoms with Gasteiger partial charge >= 0.3 is 10.1 Å². The molecule has 0 aliphatic heterocycles. The third kappa shape index (κ3) is 4.72. The van der Waals surface area contributed by atoms with Gasteiger partial charge in [0.2, 0.25) is 0 Å². The molecule has 138 valence electrons. The molecule has 1 aromatic rings. The Morgan fingerprint density at radius 3 is 1.80 bits per heavy atom. The zero-order chi connectivity index (χ0) is 17.7. The van der Waals surface area contributed by atoms with Crippen LogP contribution in [-0.4, -0.2) is 25.6 Å². The van der Waals surface area contributed by atoms with Crippen LogP contribution in [0.4, 0.5) is 0 Å². The van der Waals surface area contributed by atoms with E-state index in [1.54, 1.807) is 30.3 Å². The summed E-state index contributed by atoms with van der Waals surface area (Å²) in [5.74, 6) is 0. The zero-order valence-electron chi connectivity index (χ0n) is 14.9. The van der Waals surface area contributed by atoms with E-state index in [0.29, 0.717) is 0 Å². The largest absolute Gasteiger partial charge is 0.313 e. The molecule has 0 saturated heterocycles. The van der Waals surface area contributed by atoms with Crippen LogP contribution in [0, 0.1) is 0 Å². The summed E-state index contributed by atoms with van der Waals surface area (Å²) in [5, 5.41) is 1.86. The molecule has 0 radical (unpaired) electrons. The maximum atomic E-state index is 12.8. The molecule has 0 unspecified atom stereocenters. The van der Waals surface area contributed by atoms with Crippen LogP contribution in [0.5, 0.6) is 0 Å². The van der Waals surface area contributed by atoms with Crippen molar-refractivity contribution in [3.8, 4) is 0 Å². The highest BCUT2D eigenvalue weighted by atomic mass is 32.2. The van der Waals surface area contributed by atoms with E-state index >= 15 is 0 Å². The van der Waals surface area contributed by atoms with E-state index < -0.39 is 10.1 Å². The van der Waals surface area contributed by atoms with Crippen LogP contribution in [0.2, 0.25) is 0 Å². The second-order valence-corrected chi connectivity index (χ2v) is 8.77. The summed E-state index contributed by atoms with van der Waals surface area (Å²) in [6.07, 6.45) is 12.9. The first-order chi connectivity index (χ1) is 12.1. The number of rotatable bonds is 6. The number of nitrogens with zero attached hydrogens (tertiary/aromatic N) is 1. The van der Waals surface area contributed by atoms with Gasteiger partial charge in [0.05, 0.1) is 4.90 Å². The Balaban J connectivity index is 1.80. The SMILES string of the molecule is C=Cc1ccc(S(=O)(=O)ON(C2CCCCC2)C2CCCCC2)cc1. The van der Waals surface area contributed by atoms with Crippen LogP contribution < -0.4 is 0 Å². The number of benzene rings is 1. The molecule has 1 aromatic carbocycles. The summed E-state index contributed by atoms with van der Waals surface area (Å²) in [6, 6.07) is 7.17. The molecule has 0 bridgehead atoms. The van der Waals surface area contributed by atoms with Gasteiger partial charge < -0.3 is 0 Å². The highest BCUT2D eigenvalue weighted by Crippen LogP contribution is 2.32. The van der Waals surface area contributed by atoms with Gasteiger partial charge in [-0.15, -0.1) is 0 Å². The Labute approximate surface area is 152 Å². The van der Waals surface area contributed by atoms with Crippen molar-refractivity contribution in [2.24, 2.45) is 0 Å². The molecule has 2 fully saturated rings. The molecule has 5 heteroatoms. The lowest BCUT2D eigenvalue weighted by molar-refractivity contribution is -0.141. The minimum Gasteiger partial charge on any atom is -0.192 e. The van der Waals surface area contributed by atoms with Crippen molar-refractivity contribution < 1.29 is 12.7 Å². The minimum absolute atomic E-state index is 0.217. The van der Waals surface area contributed by atoms with Crippen molar-refractivity contribution in [3.05, 3.63) is 36.4 Å². The van der Waals surface area contributed by atoms with Crippen molar-refractivity contribution in [3.63, 3.8) is 0 Å². The van der Waals surface area contributed by atoms with Crippen LogP contribution in [0.15, 0.2) is 35.7 Å². The lowest BCUT2D eigenvalue weighted by Gasteiger charge is -2.39. The van der Waals surface area contributed by atoms with E-state index in [1.165, 1.54) is 12.8 Å². The second-order valence-electron chi connectivity index (χ2n) is 7.25. The van der Waals surface area contributed by atoms with E-state index in [2.05, 4.69) is 6.58 Å². The molecule has 0 N–H and O–H groups in total. The maximum absolute atomic E-state index is 12.8. The fourth-order valence-electron chi connectivity index (χ4n) is 4.02. The summed E-state index contributed by atoms with van der Waals surface area (Å²) in [7, 11) is -3.79. The molecular weight excluding hydrogens is 334 g/mol. The third-order valence-corrected chi connectivity index (χ3v) is 6.68. The summed E-state index contributed by atoms with van der Waals surface area (Å²) in [4.78, 5) is 0.217. The molecule has 2 aliphatic carbocycles. The van der Waals surface area contributed by atoms with Gasteiger partial charge in [-0.1, -0.05) is 63.3 Å². The fraction of sp³-hybridized carbons (Fsp3) is 0.600. The van der Waals surface area contributed by atoms with Crippen LogP contribution >= 0.6 is 0 Å². The van der Waals surface area contributed by atoms with Gasteiger partial charge in [-0.3, -0.25) is 0 Å². The summed E-state index contributed by atoms with van der Waals surface area (Å²) >= 11 is 0. The molecule has 0 spiro atoms. The molecule has 0 atom stereocenters. The Kier molecular flexibility index (Phi) is 6.31. The molecule has 0 aromatic heterocycles. The minimum atomic E-state index is -3.79. The number of hydrogen-bond donors (Lipinski definition) is 0. The standard InChI is InChI=1S/C20H29NO3S/c1-2-17-13-15-20(16-14-17)25(22,23)24-21(18-9-5-3-6-10-18)19-11-7-4-8-12-19/h2,13-16,18-19H,1,3-12H2. The third-order valence-electron chi connectivity index (χ3n) is 5.46. The Bertz CT molecular complexity index is 639. The molecule has 2 saturated carbocycles. The molecule has 0 heterocycles. The van der Waals surface area contributed by atoms with Gasteiger partial charge in [-0.25, -0.2) is 0 Å². The Hall–Kier alpha value is -1.17. The van der Waals surface area contributed by atoms with E-state index in [0.717, 1.165) is 56.9 Å². The van der Waals surface area contributed by atoms with E-state index in [4.69, 9.17) is 4.28 Å². The van der Waals surface area contributed by atoms with Crippen LogP contribution in [0.25, 0.3) is 6.08 Å². The normalized spacial score (nSPS) is 20.7. The lowest BCUT2D eigenvalue weighted by atomic mass is 9.90. The number of hydroxylamine groups is 2. The van der Waals surface area contributed by atoms with Crippen LogP contribution in [0.3, 0.4) is 0 Å². The van der Waals surface area contributed by atoms with Crippen molar-refractivity contribution in [1.82, 2.24) is 5.06 Å². The lowest BCUT2D eigenvalue weighted by Crippen LogP contribution is -2.46. The second kappa shape index (κ2) is 8.47. The maximum Gasteiger partial charge on any atom is 0.313 e. The van der Waals surface area contributed by atoms with Gasteiger partial charge in [-0.05, 0) is 43.4 Å². The zero-order valence-corrected chi connectivity index (χ0v) is 15.7. The van der Waals surface area contributed by atoms with Gasteiger partial charge in [0.25, 0.3) is 0 Å². The monoisotopic (exact) mass is 363 g/mol. The predicted molar refractivity (Wildman–Crippen MR) is 100 cm³/mol. The average molecular weight is 364 g/mol. The molecule has 3 rings (SSSR count). The number of hydrogen-bond acceptors (Lipinski definition) is 4. The summed E-state index contributed by atoms with van der Waals surface area (Å²) in [5.41, 5.74) is 0.898.